The minimum atomic E-state index is -0.308. The maximum Gasteiger partial charge on any atom is 0.338 e. The van der Waals surface area contributed by atoms with Crippen LogP contribution in [0.3, 0.4) is 0 Å². The van der Waals surface area contributed by atoms with Gasteiger partial charge >= 0.3 is 5.97 Å². The van der Waals surface area contributed by atoms with Crippen molar-refractivity contribution in [1.82, 2.24) is 14.5 Å². The fourth-order valence-electron chi connectivity index (χ4n) is 3.93. The van der Waals surface area contributed by atoms with E-state index in [-0.39, 0.29) is 18.4 Å². The van der Waals surface area contributed by atoms with Gasteiger partial charge in [-0.05, 0) is 75.2 Å². The topological polar surface area (TPSA) is 47.4 Å². The average molecular weight is 400 g/mol. The molecule has 1 saturated heterocycles. The SMILES string of the molecule is CCOC(=O)c1ccc2c(c1)ncn2-c1cccc(C2CCCN(C)C2)c1.Cl. The number of hydrogen-bond acceptors (Lipinski definition) is 4. The van der Waals surface area contributed by atoms with Crippen molar-refractivity contribution in [2.45, 2.75) is 25.7 Å². The summed E-state index contributed by atoms with van der Waals surface area (Å²) in [5.74, 6) is 0.270. The van der Waals surface area contributed by atoms with Crippen LogP contribution in [0.2, 0.25) is 0 Å². The first-order chi connectivity index (χ1) is 13.2. The van der Waals surface area contributed by atoms with Crippen molar-refractivity contribution in [1.29, 1.82) is 0 Å². The standard InChI is InChI=1S/C22H25N3O2.ClH/c1-3-27-22(26)17-9-10-21-20(13-17)23-15-25(21)19-8-4-6-16(12-19)18-7-5-11-24(2)14-18;/h4,6,8-10,12-13,15,18H,3,5,7,11,14H2,1-2H3;1H. The van der Waals surface area contributed by atoms with Gasteiger partial charge in [0.25, 0.3) is 0 Å². The Morgan fingerprint density at radius 2 is 2.11 bits per heavy atom. The van der Waals surface area contributed by atoms with Crippen LogP contribution in [0, 0.1) is 0 Å². The monoisotopic (exact) mass is 399 g/mol. The Bertz CT molecular complexity index is 969. The van der Waals surface area contributed by atoms with Crippen molar-refractivity contribution in [3.63, 3.8) is 0 Å². The van der Waals surface area contributed by atoms with E-state index >= 15 is 0 Å². The fraction of sp³-hybridized carbons (Fsp3) is 0.364. The molecule has 1 unspecified atom stereocenters. The number of hydrogen-bond donors (Lipinski definition) is 0. The van der Waals surface area contributed by atoms with Gasteiger partial charge in [0, 0.05) is 12.2 Å². The van der Waals surface area contributed by atoms with Crippen LogP contribution in [0.1, 0.15) is 41.6 Å². The first-order valence-corrected chi connectivity index (χ1v) is 9.59. The van der Waals surface area contributed by atoms with Gasteiger partial charge < -0.3 is 9.64 Å². The van der Waals surface area contributed by atoms with Crippen LogP contribution in [0.25, 0.3) is 16.7 Å². The predicted octanol–water partition coefficient (Wildman–Crippen LogP) is 4.43. The highest BCUT2D eigenvalue weighted by Gasteiger charge is 2.19. The molecule has 3 aromatic rings. The molecular formula is C22H26ClN3O2. The molecule has 1 aliphatic rings. The van der Waals surface area contributed by atoms with Crippen molar-refractivity contribution >= 4 is 29.4 Å². The summed E-state index contributed by atoms with van der Waals surface area (Å²) in [5, 5.41) is 0. The van der Waals surface area contributed by atoms with Crippen molar-refractivity contribution in [2.75, 3.05) is 26.7 Å². The summed E-state index contributed by atoms with van der Waals surface area (Å²) in [5.41, 5.74) is 4.80. The molecule has 0 radical (unpaired) electrons. The van der Waals surface area contributed by atoms with Crippen molar-refractivity contribution in [2.24, 2.45) is 0 Å². The molecule has 0 aliphatic carbocycles. The second-order valence-electron chi connectivity index (χ2n) is 7.23. The predicted molar refractivity (Wildman–Crippen MR) is 114 cm³/mol. The molecule has 1 aliphatic heterocycles. The molecule has 148 valence electrons. The number of likely N-dealkylation sites (N-methyl/N-ethyl adjacent to an activating group) is 1. The highest BCUT2D eigenvalue weighted by atomic mass is 35.5. The molecule has 28 heavy (non-hydrogen) atoms. The van der Waals surface area contributed by atoms with Gasteiger partial charge in [0.2, 0.25) is 0 Å². The lowest BCUT2D eigenvalue weighted by Crippen LogP contribution is -2.30. The number of likely N-dealkylation sites (tertiary alicyclic amines) is 1. The van der Waals surface area contributed by atoms with E-state index in [4.69, 9.17) is 4.74 Å². The molecule has 0 saturated carbocycles. The van der Waals surface area contributed by atoms with Gasteiger partial charge in [-0.15, -0.1) is 12.4 Å². The van der Waals surface area contributed by atoms with Crippen molar-refractivity contribution in [3.8, 4) is 5.69 Å². The second kappa shape index (κ2) is 8.76. The smallest absolute Gasteiger partial charge is 0.338 e. The molecule has 0 bridgehead atoms. The van der Waals surface area contributed by atoms with E-state index in [2.05, 4.69) is 45.8 Å². The van der Waals surface area contributed by atoms with Crippen molar-refractivity contribution in [3.05, 3.63) is 59.9 Å². The quantitative estimate of drug-likeness (QED) is 0.609. The van der Waals surface area contributed by atoms with E-state index in [0.717, 1.165) is 23.3 Å². The summed E-state index contributed by atoms with van der Waals surface area (Å²) in [4.78, 5) is 18.9. The normalized spacial score (nSPS) is 17.3. The van der Waals surface area contributed by atoms with Gasteiger partial charge in [-0.1, -0.05) is 12.1 Å². The zero-order chi connectivity index (χ0) is 18.8. The van der Waals surface area contributed by atoms with Gasteiger partial charge in [-0.25, -0.2) is 9.78 Å². The molecule has 2 heterocycles. The maximum absolute atomic E-state index is 12.0. The fourth-order valence-corrected chi connectivity index (χ4v) is 3.93. The minimum Gasteiger partial charge on any atom is -0.462 e. The third-order valence-electron chi connectivity index (χ3n) is 5.30. The number of benzene rings is 2. The number of carbonyl (C=O) groups is 1. The Morgan fingerprint density at radius 3 is 2.89 bits per heavy atom. The van der Waals surface area contributed by atoms with Gasteiger partial charge in [-0.2, -0.15) is 0 Å². The van der Waals surface area contributed by atoms with Crippen LogP contribution in [0.15, 0.2) is 48.8 Å². The lowest BCUT2D eigenvalue weighted by atomic mass is 9.90. The summed E-state index contributed by atoms with van der Waals surface area (Å²) in [6.07, 6.45) is 4.31. The molecule has 0 amide bonds. The highest BCUT2D eigenvalue weighted by molar-refractivity contribution is 5.94. The van der Waals surface area contributed by atoms with Gasteiger partial charge in [0.15, 0.2) is 0 Å². The number of fused-ring (bicyclic) bond motifs is 1. The number of rotatable bonds is 4. The number of halogens is 1. The number of imidazole rings is 1. The highest BCUT2D eigenvalue weighted by Crippen LogP contribution is 2.28. The Morgan fingerprint density at radius 1 is 1.25 bits per heavy atom. The summed E-state index contributed by atoms with van der Waals surface area (Å²) in [6, 6.07) is 14.3. The van der Waals surface area contributed by atoms with E-state index in [9.17, 15) is 4.79 Å². The summed E-state index contributed by atoms with van der Waals surface area (Å²) < 4.78 is 7.17. The van der Waals surface area contributed by atoms with Crippen LogP contribution in [-0.2, 0) is 4.74 Å². The van der Waals surface area contributed by atoms with Crippen LogP contribution in [0.4, 0.5) is 0 Å². The largest absolute Gasteiger partial charge is 0.462 e. The molecule has 1 fully saturated rings. The number of aromatic nitrogens is 2. The summed E-state index contributed by atoms with van der Waals surface area (Å²) in [7, 11) is 2.19. The van der Waals surface area contributed by atoms with E-state index in [1.807, 2.05) is 19.3 Å². The third kappa shape index (κ3) is 4.05. The maximum atomic E-state index is 12.0. The first kappa shape index (κ1) is 20.4. The number of ether oxygens (including phenoxy) is 1. The number of esters is 1. The van der Waals surface area contributed by atoms with E-state index in [0.29, 0.717) is 18.1 Å². The average Bonchev–Trinajstić information content (AvgIpc) is 3.11. The Hall–Kier alpha value is -2.37. The van der Waals surface area contributed by atoms with Gasteiger partial charge in [-0.3, -0.25) is 4.57 Å². The Kier molecular flexibility index (Phi) is 6.37. The zero-order valence-electron chi connectivity index (χ0n) is 16.3. The van der Waals surface area contributed by atoms with Crippen LogP contribution in [-0.4, -0.2) is 47.2 Å². The Balaban J connectivity index is 0.00000225. The van der Waals surface area contributed by atoms with Crippen LogP contribution in [0.5, 0.6) is 0 Å². The lowest BCUT2D eigenvalue weighted by molar-refractivity contribution is 0.0526. The molecular weight excluding hydrogens is 374 g/mol. The molecule has 2 aromatic carbocycles. The van der Waals surface area contributed by atoms with Crippen LogP contribution < -0.4 is 0 Å². The van der Waals surface area contributed by atoms with E-state index < -0.39 is 0 Å². The van der Waals surface area contributed by atoms with Gasteiger partial charge in [0.1, 0.15) is 6.33 Å². The number of nitrogens with zero attached hydrogens (tertiary/aromatic N) is 3. The summed E-state index contributed by atoms with van der Waals surface area (Å²) in [6.45, 7) is 4.47. The second-order valence-corrected chi connectivity index (χ2v) is 7.23. The zero-order valence-corrected chi connectivity index (χ0v) is 17.1. The Labute approximate surface area is 171 Å². The van der Waals surface area contributed by atoms with Crippen LogP contribution >= 0.6 is 12.4 Å². The van der Waals surface area contributed by atoms with Gasteiger partial charge in [0.05, 0.1) is 23.2 Å². The molecule has 1 atom stereocenters. The first-order valence-electron chi connectivity index (χ1n) is 9.59. The molecule has 6 heteroatoms. The number of carbonyl (C=O) groups excluding carboxylic acids is 1. The molecule has 1 aromatic heterocycles. The molecule has 4 rings (SSSR count). The van der Waals surface area contributed by atoms with E-state index in [1.165, 1.54) is 24.9 Å². The lowest BCUT2D eigenvalue weighted by Gasteiger charge is -2.30. The van der Waals surface area contributed by atoms with E-state index in [1.54, 1.807) is 12.1 Å². The summed E-state index contributed by atoms with van der Waals surface area (Å²) >= 11 is 0. The van der Waals surface area contributed by atoms with Crippen molar-refractivity contribution < 1.29 is 9.53 Å². The minimum absolute atomic E-state index is 0. The molecule has 0 N–H and O–H groups in total. The molecule has 0 spiro atoms. The molecule has 5 nitrogen and oxygen atoms in total. The third-order valence-corrected chi connectivity index (χ3v) is 5.30. The number of piperidine rings is 1.